The second-order valence-electron chi connectivity index (χ2n) is 7.06. The van der Waals surface area contributed by atoms with Gasteiger partial charge in [0.2, 0.25) is 5.91 Å². The fourth-order valence-electron chi connectivity index (χ4n) is 2.36. The van der Waals surface area contributed by atoms with Gasteiger partial charge in [-0.15, -0.1) is 0 Å². The molecule has 2 aromatic carbocycles. The average Bonchev–Trinajstić information content (AvgIpc) is 2.54. The number of anilines is 1. The number of nitrogens with one attached hydrogen (secondary N) is 1. The first kappa shape index (κ1) is 20.3. The Labute approximate surface area is 160 Å². The number of halogens is 1. The fourth-order valence-corrected chi connectivity index (χ4v) is 3.97. The Morgan fingerprint density at radius 1 is 1.12 bits per heavy atom. The summed E-state index contributed by atoms with van der Waals surface area (Å²) in [4.78, 5) is 12.5. The maximum absolute atomic E-state index is 13.1. The smallest absolute Gasteiger partial charge is 0.264 e. The molecule has 0 saturated carbocycles. The molecule has 2 aromatic rings. The number of carbonyl (C=O) groups is 1. The lowest BCUT2D eigenvalue weighted by molar-refractivity contribution is -0.121. The molecule has 140 valence electrons. The van der Waals surface area contributed by atoms with Crippen molar-refractivity contribution in [3.63, 3.8) is 0 Å². The molecule has 0 fully saturated rings. The quantitative estimate of drug-likeness (QED) is 0.839. The van der Waals surface area contributed by atoms with Crippen LogP contribution < -0.4 is 9.62 Å². The summed E-state index contributed by atoms with van der Waals surface area (Å²) in [5.41, 5.74) is 0.699. The number of rotatable bonds is 5. The van der Waals surface area contributed by atoms with Crippen molar-refractivity contribution >= 4 is 33.2 Å². The molecule has 0 heterocycles. The molecule has 1 amide bonds. The molecule has 2 rings (SSSR count). The lowest BCUT2D eigenvalue weighted by Crippen LogP contribution is -2.47. The third-order valence-electron chi connectivity index (χ3n) is 3.58. The molecule has 7 heteroatoms. The highest BCUT2D eigenvalue weighted by atomic mass is 35.5. The van der Waals surface area contributed by atoms with Crippen LogP contribution in [0.25, 0.3) is 0 Å². The van der Waals surface area contributed by atoms with Gasteiger partial charge in [0.25, 0.3) is 10.0 Å². The molecule has 0 saturated heterocycles. The van der Waals surface area contributed by atoms with Gasteiger partial charge in [0, 0.05) is 10.6 Å². The van der Waals surface area contributed by atoms with Crippen LogP contribution in [-0.2, 0) is 14.8 Å². The lowest BCUT2D eigenvalue weighted by atomic mass is 10.1. The first-order valence-corrected chi connectivity index (χ1v) is 9.97. The number of hydrogen-bond donors (Lipinski definition) is 1. The zero-order valence-corrected chi connectivity index (χ0v) is 16.9. The average molecular weight is 395 g/mol. The molecule has 0 bridgehead atoms. The van der Waals surface area contributed by atoms with Crippen molar-refractivity contribution in [3.05, 3.63) is 59.1 Å². The summed E-state index contributed by atoms with van der Waals surface area (Å²) in [6.45, 7) is 7.00. The second kappa shape index (κ2) is 7.68. The number of amides is 1. The number of benzene rings is 2. The van der Waals surface area contributed by atoms with Crippen molar-refractivity contribution in [2.45, 2.75) is 38.1 Å². The van der Waals surface area contributed by atoms with Crippen molar-refractivity contribution in [2.24, 2.45) is 0 Å². The van der Waals surface area contributed by atoms with Crippen LogP contribution in [0.3, 0.4) is 0 Å². The minimum Gasteiger partial charge on any atom is -0.350 e. The Kier molecular flexibility index (Phi) is 5.98. The van der Waals surface area contributed by atoms with E-state index in [4.69, 9.17) is 11.6 Å². The van der Waals surface area contributed by atoms with Crippen LogP contribution in [0, 0.1) is 6.92 Å². The Morgan fingerprint density at radius 2 is 1.73 bits per heavy atom. The van der Waals surface area contributed by atoms with Gasteiger partial charge in [-0.2, -0.15) is 0 Å². The van der Waals surface area contributed by atoms with Gasteiger partial charge >= 0.3 is 0 Å². The fraction of sp³-hybridized carbons (Fsp3) is 0.316. The first-order chi connectivity index (χ1) is 12.0. The van der Waals surface area contributed by atoms with Gasteiger partial charge < -0.3 is 5.32 Å². The molecule has 0 spiro atoms. The zero-order valence-electron chi connectivity index (χ0n) is 15.3. The van der Waals surface area contributed by atoms with Gasteiger partial charge in [-0.05, 0) is 57.5 Å². The van der Waals surface area contributed by atoms with Crippen molar-refractivity contribution in [1.29, 1.82) is 0 Å². The van der Waals surface area contributed by atoms with Crippen molar-refractivity contribution in [1.82, 2.24) is 5.32 Å². The van der Waals surface area contributed by atoms with Gasteiger partial charge in [-0.1, -0.05) is 35.9 Å². The van der Waals surface area contributed by atoms with E-state index < -0.39 is 21.5 Å². The van der Waals surface area contributed by atoms with Crippen LogP contribution in [0.1, 0.15) is 26.3 Å². The van der Waals surface area contributed by atoms with Crippen molar-refractivity contribution < 1.29 is 13.2 Å². The van der Waals surface area contributed by atoms with Crippen molar-refractivity contribution in [3.8, 4) is 0 Å². The number of hydrogen-bond acceptors (Lipinski definition) is 3. The third-order valence-corrected chi connectivity index (χ3v) is 5.77. The molecule has 26 heavy (non-hydrogen) atoms. The Hall–Kier alpha value is -2.05. The summed E-state index contributed by atoms with van der Waals surface area (Å²) in [7, 11) is -3.92. The summed E-state index contributed by atoms with van der Waals surface area (Å²) in [6.07, 6.45) is 0. The predicted molar refractivity (Wildman–Crippen MR) is 105 cm³/mol. The summed E-state index contributed by atoms with van der Waals surface area (Å²) in [5, 5.41) is 3.23. The molecule has 0 aliphatic heterocycles. The van der Waals surface area contributed by atoms with Gasteiger partial charge in [0.05, 0.1) is 10.6 Å². The van der Waals surface area contributed by atoms with Crippen LogP contribution in [0.2, 0.25) is 5.02 Å². The highest BCUT2D eigenvalue weighted by molar-refractivity contribution is 7.92. The largest absolute Gasteiger partial charge is 0.350 e. The Morgan fingerprint density at radius 3 is 2.27 bits per heavy atom. The summed E-state index contributed by atoms with van der Waals surface area (Å²) in [6, 6.07) is 12.9. The summed E-state index contributed by atoms with van der Waals surface area (Å²) in [5.74, 6) is -0.395. The van der Waals surface area contributed by atoms with Gasteiger partial charge in [-0.3, -0.25) is 9.10 Å². The number of aryl methyl sites for hydroxylation is 1. The van der Waals surface area contributed by atoms with Crippen LogP contribution in [0.15, 0.2) is 53.4 Å². The monoisotopic (exact) mass is 394 g/mol. The summed E-state index contributed by atoms with van der Waals surface area (Å²) < 4.78 is 27.3. The molecule has 0 radical (unpaired) electrons. The first-order valence-electron chi connectivity index (χ1n) is 8.16. The Bertz CT molecular complexity index is 891. The molecular formula is C19H23ClN2O3S. The van der Waals surface area contributed by atoms with Gasteiger partial charge in [0.1, 0.15) is 6.54 Å². The van der Waals surface area contributed by atoms with E-state index in [9.17, 15) is 13.2 Å². The van der Waals surface area contributed by atoms with Crippen LogP contribution in [0.5, 0.6) is 0 Å². The maximum Gasteiger partial charge on any atom is 0.264 e. The maximum atomic E-state index is 13.1. The minimum atomic E-state index is -3.92. The van der Waals surface area contributed by atoms with E-state index in [0.717, 1.165) is 9.87 Å². The number of carbonyl (C=O) groups excluding carboxylic acids is 1. The molecular weight excluding hydrogens is 372 g/mol. The summed E-state index contributed by atoms with van der Waals surface area (Å²) >= 11 is 6.17. The molecule has 0 aliphatic rings. The Balaban J connectivity index is 2.48. The van der Waals surface area contributed by atoms with E-state index in [1.807, 2.05) is 27.7 Å². The van der Waals surface area contributed by atoms with E-state index in [1.165, 1.54) is 12.1 Å². The third kappa shape index (κ3) is 4.99. The zero-order chi connectivity index (χ0) is 19.5. The molecule has 0 unspecified atom stereocenters. The molecule has 0 atom stereocenters. The van der Waals surface area contributed by atoms with Crippen LogP contribution >= 0.6 is 11.6 Å². The van der Waals surface area contributed by atoms with E-state index in [2.05, 4.69) is 5.32 Å². The van der Waals surface area contributed by atoms with E-state index in [-0.39, 0.29) is 11.4 Å². The predicted octanol–water partition coefficient (Wildman–Crippen LogP) is 3.76. The SMILES string of the molecule is Cc1ccc(N(CC(=O)NC(C)(C)C)S(=O)(=O)c2ccccc2)cc1Cl. The topological polar surface area (TPSA) is 66.5 Å². The molecule has 0 aliphatic carbocycles. The van der Waals surface area contributed by atoms with Crippen LogP contribution in [0.4, 0.5) is 5.69 Å². The molecule has 1 N–H and O–H groups in total. The number of sulfonamides is 1. The van der Waals surface area contributed by atoms with Gasteiger partial charge in [-0.25, -0.2) is 8.42 Å². The normalized spacial score (nSPS) is 11.9. The minimum absolute atomic E-state index is 0.111. The van der Waals surface area contributed by atoms with E-state index in [1.54, 1.807) is 36.4 Å². The second-order valence-corrected chi connectivity index (χ2v) is 9.33. The van der Waals surface area contributed by atoms with Crippen LogP contribution in [-0.4, -0.2) is 26.4 Å². The van der Waals surface area contributed by atoms with Gasteiger partial charge in [0.15, 0.2) is 0 Å². The highest BCUT2D eigenvalue weighted by Gasteiger charge is 2.28. The van der Waals surface area contributed by atoms with E-state index in [0.29, 0.717) is 10.7 Å². The van der Waals surface area contributed by atoms with Crippen molar-refractivity contribution in [2.75, 3.05) is 10.8 Å². The standard InChI is InChI=1S/C19H23ClN2O3S/c1-14-10-11-15(12-17(14)20)22(13-18(23)21-19(2,3)4)26(24,25)16-8-6-5-7-9-16/h5-12H,13H2,1-4H3,(H,21,23). The number of nitrogens with zero attached hydrogens (tertiary/aromatic N) is 1. The van der Waals surface area contributed by atoms with E-state index >= 15 is 0 Å². The molecule has 5 nitrogen and oxygen atoms in total. The molecule has 0 aromatic heterocycles. The highest BCUT2D eigenvalue weighted by Crippen LogP contribution is 2.28. The lowest BCUT2D eigenvalue weighted by Gasteiger charge is -2.27.